The molecule has 36 heavy (non-hydrogen) atoms. The van der Waals surface area contributed by atoms with Gasteiger partial charge in [-0.3, -0.25) is 24.0 Å². The molecule has 0 spiro atoms. The van der Waals surface area contributed by atoms with E-state index < -0.39 is 62.0 Å². The van der Waals surface area contributed by atoms with Gasteiger partial charge in [0.25, 0.3) is 0 Å². The summed E-state index contributed by atoms with van der Waals surface area (Å²) in [4.78, 5) is 96.6. The maximum atomic E-state index is 9.83. The number of carboxylic acid groups (broad SMARTS) is 5. The maximum absolute atomic E-state index is 9.83. The quantitative estimate of drug-likeness (QED) is 0.226. The van der Waals surface area contributed by atoms with E-state index in [9.17, 15) is 73.5 Å². The number of hydrogen-bond donors (Lipinski definition) is 0. The van der Waals surface area contributed by atoms with Gasteiger partial charge in [-0.25, -0.2) is 0 Å². The van der Waals surface area contributed by atoms with E-state index in [1.54, 1.807) is 0 Å². The Kier molecular flexibility index (Phi) is 37.2. The van der Waals surface area contributed by atoms with Crippen LogP contribution in [0.4, 0.5) is 0 Å². The summed E-state index contributed by atoms with van der Waals surface area (Å²) in [6.07, 6.45) is -2.36. The number of aliphatic carboxylic acids is 5. The van der Waals surface area contributed by atoms with E-state index in [0.29, 0.717) is 0 Å². The van der Waals surface area contributed by atoms with Crippen LogP contribution < -0.4 is 25.5 Å². The first kappa shape index (κ1) is 45.7. The van der Waals surface area contributed by atoms with Crippen molar-refractivity contribution in [1.29, 1.82) is 0 Å². The normalized spacial score (nSPS) is 7.92. The molecule has 0 aromatic carbocycles. The van der Waals surface area contributed by atoms with E-state index >= 15 is 0 Å². The monoisotopic (exact) mass is 556 g/mol. The molecule has 0 saturated carbocycles. The van der Waals surface area contributed by atoms with Crippen molar-refractivity contribution in [3.63, 3.8) is 0 Å². The second-order valence-corrected chi connectivity index (χ2v) is 6.25. The molecule has 0 aromatic heterocycles. The van der Waals surface area contributed by atoms with Gasteiger partial charge < -0.3 is 49.5 Å². The smallest absolute Gasteiger partial charge is 0.550 e. The van der Waals surface area contributed by atoms with Gasteiger partial charge in [0, 0.05) is 62.0 Å². The molecule has 0 aliphatic heterocycles. The van der Waals surface area contributed by atoms with Crippen molar-refractivity contribution in [2.45, 2.75) is 66.7 Å². The first-order valence-electron chi connectivity index (χ1n) is 9.10. The molecule has 0 radical (unpaired) electrons. The van der Waals surface area contributed by atoms with Crippen molar-refractivity contribution >= 4 is 58.8 Å². The molecule has 200 valence electrons. The molecule has 0 aromatic rings. The Hall–Kier alpha value is -3.72. The fourth-order valence-electron chi connectivity index (χ4n) is 1.02. The third-order valence-corrected chi connectivity index (χ3v) is 1.97. The van der Waals surface area contributed by atoms with Gasteiger partial charge in [-0.15, -0.1) is 0 Å². The number of carbonyl (C=O) groups excluding carboxylic acids is 10. The van der Waals surface area contributed by atoms with Crippen LogP contribution >= 0.6 is 0 Å². The molecule has 0 rings (SSSR count). The molecule has 0 fully saturated rings. The van der Waals surface area contributed by atoms with Crippen LogP contribution in [0.3, 0.4) is 0 Å². The van der Waals surface area contributed by atoms with Gasteiger partial charge in [0.1, 0.15) is 28.9 Å². The molecular weight excluding hydrogens is 531 g/mol. The van der Waals surface area contributed by atoms with Crippen LogP contribution in [0.25, 0.3) is 0 Å². The minimum atomic E-state index is -1.31. The topological polar surface area (TPSA) is 286 Å². The Morgan fingerprint density at radius 1 is 0.333 bits per heavy atom. The predicted octanol–water partition coefficient (Wildman–Crippen LogP) is -6.43. The van der Waals surface area contributed by atoms with Gasteiger partial charge in [-0.05, 0) is 34.6 Å². The number of carbonyl (C=O) groups is 10. The van der Waals surface area contributed by atoms with Gasteiger partial charge in [0.15, 0.2) is 0 Å². The minimum absolute atomic E-state index is 0. The van der Waals surface area contributed by atoms with E-state index in [0.717, 1.165) is 0 Å². The number of Topliss-reactive ketones (excluding diaryl/α,β-unsaturated/α-hetero) is 5. The summed E-state index contributed by atoms with van der Waals surface area (Å²) in [6.45, 7) is 6.02. The summed E-state index contributed by atoms with van der Waals surface area (Å²) in [5.41, 5.74) is 0. The Bertz CT molecular complexity index is 573. The Morgan fingerprint density at radius 3 is 0.417 bits per heavy atom. The molecule has 0 heterocycles. The Morgan fingerprint density at radius 2 is 0.417 bits per heavy atom. The molecule has 0 atom stereocenters. The number of ketones is 5. The van der Waals surface area contributed by atoms with Crippen LogP contribution in [-0.4, -0.2) is 58.8 Å². The van der Waals surface area contributed by atoms with Gasteiger partial charge in [-0.1, -0.05) is 0 Å². The zero-order valence-electron chi connectivity index (χ0n) is 20.1. The average Bonchev–Trinajstić information content (AvgIpc) is 2.49. The van der Waals surface area contributed by atoms with Crippen molar-refractivity contribution in [1.82, 2.24) is 0 Å². The molecule has 0 aliphatic rings. The second kappa shape index (κ2) is 29.3. The summed E-state index contributed by atoms with van der Waals surface area (Å²) < 4.78 is 0. The minimum Gasteiger partial charge on any atom is -0.550 e. The summed E-state index contributed by atoms with van der Waals surface area (Å²) in [5.74, 6) is -8.44. The molecule has 0 saturated heterocycles. The summed E-state index contributed by atoms with van der Waals surface area (Å²) in [7, 11) is 0. The molecule has 0 aliphatic carbocycles. The largest absolute Gasteiger partial charge is 5.00 e. The van der Waals surface area contributed by atoms with Crippen molar-refractivity contribution in [2.24, 2.45) is 0 Å². The van der Waals surface area contributed by atoms with E-state index in [-0.39, 0.29) is 47.5 Å². The van der Waals surface area contributed by atoms with E-state index in [4.69, 9.17) is 0 Å². The van der Waals surface area contributed by atoms with Gasteiger partial charge >= 0.3 is 18.6 Å². The SMILES string of the molecule is CC(=O)CC(=O)[O-].CC(=O)CC(=O)[O-].CC(=O)CC(=O)[O-].CC(=O)CC(=O)[O-].CC(=O)CC(=O)[O-].[V+5]. The fraction of sp³-hybridized carbons (Fsp3) is 0.500. The Labute approximate surface area is 217 Å². The van der Waals surface area contributed by atoms with Crippen molar-refractivity contribution in [3.8, 4) is 0 Å². The van der Waals surface area contributed by atoms with Crippen molar-refractivity contribution in [3.05, 3.63) is 0 Å². The Balaban J connectivity index is -0.0000000776. The van der Waals surface area contributed by atoms with Crippen molar-refractivity contribution in [2.75, 3.05) is 0 Å². The van der Waals surface area contributed by atoms with E-state index in [1.165, 1.54) is 34.6 Å². The van der Waals surface area contributed by atoms with Crippen LogP contribution in [0.5, 0.6) is 0 Å². The molecule has 0 amide bonds. The predicted molar refractivity (Wildman–Crippen MR) is 102 cm³/mol. The van der Waals surface area contributed by atoms with Crippen LogP contribution in [-0.2, 0) is 66.5 Å². The van der Waals surface area contributed by atoms with E-state index in [2.05, 4.69) is 0 Å². The zero-order valence-corrected chi connectivity index (χ0v) is 21.5. The molecular formula is C20H25O15V. The fourth-order valence-corrected chi connectivity index (χ4v) is 1.02. The summed E-state index contributed by atoms with van der Waals surface area (Å²) >= 11 is 0. The average molecular weight is 556 g/mol. The van der Waals surface area contributed by atoms with Crippen LogP contribution in [0, 0.1) is 0 Å². The van der Waals surface area contributed by atoms with Crippen LogP contribution in [0.15, 0.2) is 0 Å². The number of rotatable bonds is 10. The van der Waals surface area contributed by atoms with Crippen molar-refractivity contribution < 1.29 is 92.0 Å². The number of hydrogen-bond acceptors (Lipinski definition) is 15. The molecule has 15 nitrogen and oxygen atoms in total. The third-order valence-electron chi connectivity index (χ3n) is 1.97. The summed E-state index contributed by atoms with van der Waals surface area (Å²) in [5, 5.41) is 47.4. The first-order chi connectivity index (χ1) is 15.6. The molecule has 0 unspecified atom stereocenters. The van der Waals surface area contributed by atoms with Gasteiger partial charge in [0.05, 0.1) is 0 Å². The maximum Gasteiger partial charge on any atom is 5.00 e. The standard InChI is InChI=1S/5C4H6O3.V/c5*1-3(5)2-4(6)7;/h5*2H2,1H3,(H,6,7);/q;;;;;+5/p-5. The van der Waals surface area contributed by atoms with Gasteiger partial charge in [0.2, 0.25) is 0 Å². The molecule has 16 heteroatoms. The van der Waals surface area contributed by atoms with E-state index in [1.807, 2.05) is 0 Å². The van der Waals surface area contributed by atoms with Gasteiger partial charge in [-0.2, -0.15) is 0 Å². The first-order valence-corrected chi connectivity index (χ1v) is 9.10. The van der Waals surface area contributed by atoms with Crippen LogP contribution in [0.1, 0.15) is 66.7 Å². The molecule has 0 N–H and O–H groups in total. The number of carboxylic acids is 5. The van der Waals surface area contributed by atoms with Crippen LogP contribution in [0.2, 0.25) is 0 Å². The summed E-state index contributed by atoms with van der Waals surface area (Å²) in [6, 6.07) is 0. The zero-order chi connectivity index (χ0) is 29.3. The second-order valence-electron chi connectivity index (χ2n) is 6.25. The molecule has 0 bridgehead atoms. The third kappa shape index (κ3) is 97.9.